The molecule has 0 N–H and O–H groups in total. The molecule has 0 unspecified atom stereocenters. The Morgan fingerprint density at radius 2 is 2.20 bits per heavy atom. The summed E-state index contributed by atoms with van der Waals surface area (Å²) in [5.74, 6) is 0.270. The molecule has 0 atom stereocenters. The van der Waals surface area contributed by atoms with E-state index in [0.717, 1.165) is 17.1 Å². The molecule has 2 aromatic rings. The molecule has 0 saturated heterocycles. The third-order valence-corrected chi connectivity index (χ3v) is 1.64. The zero-order valence-electron chi connectivity index (χ0n) is 7.27. The van der Waals surface area contributed by atoms with Gasteiger partial charge in [-0.3, -0.25) is 4.68 Å². The first-order valence-corrected chi connectivity index (χ1v) is 3.91. The topological polar surface area (TPSA) is 56.7 Å². The van der Waals surface area contributed by atoms with Gasteiger partial charge in [0.1, 0.15) is 6.54 Å². The van der Waals surface area contributed by atoms with Crippen LogP contribution in [-0.4, -0.2) is 19.9 Å². The molecular weight excluding hydrogens is 213 g/mol. The van der Waals surface area contributed by atoms with Gasteiger partial charge >= 0.3 is 6.18 Å². The highest BCUT2D eigenvalue weighted by Crippen LogP contribution is 2.27. The minimum atomic E-state index is -4.43. The summed E-state index contributed by atoms with van der Waals surface area (Å²) in [6.07, 6.45) is -2.12. The van der Waals surface area contributed by atoms with Crippen LogP contribution < -0.4 is 0 Å². The van der Waals surface area contributed by atoms with E-state index in [2.05, 4.69) is 19.8 Å². The average Bonchev–Trinajstić information content (AvgIpc) is 2.73. The number of hydrogen-bond donors (Lipinski definition) is 0. The maximum Gasteiger partial charge on any atom is 0.435 e. The van der Waals surface area contributed by atoms with Crippen molar-refractivity contribution in [3.8, 4) is 0 Å². The Balaban J connectivity index is 2.15. The van der Waals surface area contributed by atoms with Crippen LogP contribution in [0, 0.1) is 0 Å². The van der Waals surface area contributed by atoms with Crippen molar-refractivity contribution < 1.29 is 17.7 Å². The summed E-state index contributed by atoms with van der Waals surface area (Å²) in [6.45, 7) is 0.0482. The second-order valence-corrected chi connectivity index (χ2v) is 2.74. The Kier molecular flexibility index (Phi) is 2.18. The first-order valence-electron chi connectivity index (χ1n) is 3.91. The van der Waals surface area contributed by atoms with E-state index in [1.807, 2.05) is 0 Å². The lowest BCUT2D eigenvalue weighted by Crippen LogP contribution is -2.08. The first kappa shape index (κ1) is 9.69. The number of hydrogen-bond acceptors (Lipinski definition) is 4. The largest absolute Gasteiger partial charge is 0.435 e. The van der Waals surface area contributed by atoms with Gasteiger partial charge in [0.15, 0.2) is 11.5 Å². The van der Waals surface area contributed by atoms with E-state index < -0.39 is 11.9 Å². The van der Waals surface area contributed by atoms with Crippen LogP contribution in [0.1, 0.15) is 11.5 Å². The summed E-state index contributed by atoms with van der Waals surface area (Å²) in [6, 6.07) is 0.889. The number of aromatic nitrogens is 4. The van der Waals surface area contributed by atoms with E-state index in [1.54, 1.807) is 0 Å². The molecule has 2 rings (SSSR count). The van der Waals surface area contributed by atoms with Crippen molar-refractivity contribution in [3.63, 3.8) is 0 Å². The van der Waals surface area contributed by atoms with Crippen LogP contribution in [0.5, 0.6) is 0 Å². The van der Waals surface area contributed by atoms with E-state index in [0.29, 0.717) is 0 Å². The SMILES string of the molecule is FC(F)(F)c1ccn(Cc2ncon2)n1. The molecule has 0 radical (unpaired) electrons. The molecule has 0 fully saturated rings. The summed E-state index contributed by atoms with van der Waals surface area (Å²) in [7, 11) is 0. The summed E-state index contributed by atoms with van der Waals surface area (Å²) >= 11 is 0. The second-order valence-electron chi connectivity index (χ2n) is 2.74. The van der Waals surface area contributed by atoms with Gasteiger partial charge < -0.3 is 4.52 Å². The van der Waals surface area contributed by atoms with Crippen LogP contribution in [0.4, 0.5) is 13.2 Å². The molecule has 15 heavy (non-hydrogen) atoms. The van der Waals surface area contributed by atoms with Gasteiger partial charge in [0.25, 0.3) is 0 Å². The number of alkyl halides is 3. The second kappa shape index (κ2) is 3.37. The van der Waals surface area contributed by atoms with Crippen molar-refractivity contribution in [2.24, 2.45) is 0 Å². The average molecular weight is 218 g/mol. The van der Waals surface area contributed by atoms with Crippen LogP contribution in [0.3, 0.4) is 0 Å². The van der Waals surface area contributed by atoms with Gasteiger partial charge in [-0.15, -0.1) is 0 Å². The summed E-state index contributed by atoms with van der Waals surface area (Å²) in [4.78, 5) is 3.66. The highest BCUT2D eigenvalue weighted by Gasteiger charge is 2.33. The predicted molar refractivity (Wildman–Crippen MR) is 40.6 cm³/mol. The molecule has 0 amide bonds. The van der Waals surface area contributed by atoms with Crippen molar-refractivity contribution in [1.82, 2.24) is 19.9 Å². The first-order chi connectivity index (χ1) is 7.05. The zero-order valence-corrected chi connectivity index (χ0v) is 7.27. The molecule has 0 bridgehead atoms. The quantitative estimate of drug-likeness (QED) is 0.763. The minimum Gasteiger partial charge on any atom is -0.343 e. The highest BCUT2D eigenvalue weighted by molar-refractivity contribution is 5.03. The van der Waals surface area contributed by atoms with E-state index in [9.17, 15) is 13.2 Å². The van der Waals surface area contributed by atoms with Crippen molar-refractivity contribution in [2.75, 3.05) is 0 Å². The van der Waals surface area contributed by atoms with Crippen molar-refractivity contribution in [2.45, 2.75) is 12.7 Å². The Bertz CT molecular complexity index is 433. The van der Waals surface area contributed by atoms with Crippen LogP contribution in [-0.2, 0) is 12.7 Å². The maximum atomic E-state index is 12.2. The predicted octanol–water partition coefficient (Wildman–Crippen LogP) is 1.33. The van der Waals surface area contributed by atoms with Crippen molar-refractivity contribution >= 4 is 0 Å². The van der Waals surface area contributed by atoms with Gasteiger partial charge in [-0.05, 0) is 6.07 Å². The lowest BCUT2D eigenvalue weighted by atomic mass is 10.4. The summed E-state index contributed by atoms with van der Waals surface area (Å²) in [5, 5.41) is 6.78. The van der Waals surface area contributed by atoms with Crippen molar-refractivity contribution in [3.05, 3.63) is 30.2 Å². The van der Waals surface area contributed by atoms with E-state index in [-0.39, 0.29) is 12.4 Å². The van der Waals surface area contributed by atoms with Crippen LogP contribution in [0.2, 0.25) is 0 Å². The molecular formula is C7H5F3N4O. The molecule has 5 nitrogen and oxygen atoms in total. The van der Waals surface area contributed by atoms with Crippen LogP contribution in [0.25, 0.3) is 0 Å². The van der Waals surface area contributed by atoms with Gasteiger partial charge in [-0.2, -0.15) is 23.3 Å². The van der Waals surface area contributed by atoms with Gasteiger partial charge in [0.2, 0.25) is 6.39 Å². The standard InChI is InChI=1S/C7H5F3N4O/c8-7(9,10)5-1-2-14(12-5)3-6-11-4-15-13-6/h1-2,4H,3H2. The lowest BCUT2D eigenvalue weighted by molar-refractivity contribution is -0.141. The van der Waals surface area contributed by atoms with Gasteiger partial charge in [0, 0.05) is 6.20 Å². The molecule has 8 heteroatoms. The van der Waals surface area contributed by atoms with Crippen molar-refractivity contribution in [1.29, 1.82) is 0 Å². The molecule has 0 saturated carbocycles. The highest BCUT2D eigenvalue weighted by atomic mass is 19.4. The Morgan fingerprint density at radius 1 is 1.40 bits per heavy atom. The zero-order chi connectivity index (χ0) is 10.9. The number of halogens is 3. The summed E-state index contributed by atoms with van der Waals surface area (Å²) < 4.78 is 42.0. The van der Waals surface area contributed by atoms with Crippen LogP contribution in [0.15, 0.2) is 23.2 Å². The molecule has 2 heterocycles. The lowest BCUT2D eigenvalue weighted by Gasteiger charge is -2.00. The van der Waals surface area contributed by atoms with E-state index >= 15 is 0 Å². The Hall–Kier alpha value is -1.86. The smallest absolute Gasteiger partial charge is 0.343 e. The summed E-state index contributed by atoms with van der Waals surface area (Å²) in [5.41, 5.74) is -0.939. The molecule has 0 aliphatic heterocycles. The molecule has 80 valence electrons. The normalized spacial score (nSPS) is 11.9. The third kappa shape index (κ3) is 2.14. The third-order valence-electron chi connectivity index (χ3n) is 1.64. The molecule has 0 aromatic carbocycles. The maximum absolute atomic E-state index is 12.2. The van der Waals surface area contributed by atoms with E-state index in [1.165, 1.54) is 6.20 Å². The number of nitrogens with zero attached hydrogens (tertiary/aromatic N) is 4. The Morgan fingerprint density at radius 3 is 2.73 bits per heavy atom. The molecule has 0 spiro atoms. The Labute approximate surface area is 81.5 Å². The fourth-order valence-electron chi connectivity index (χ4n) is 1.01. The minimum absolute atomic E-state index is 0.0482. The molecule has 0 aliphatic carbocycles. The molecule has 2 aromatic heterocycles. The fourth-order valence-corrected chi connectivity index (χ4v) is 1.01. The van der Waals surface area contributed by atoms with Gasteiger partial charge in [-0.25, -0.2) is 0 Å². The number of rotatable bonds is 2. The van der Waals surface area contributed by atoms with Gasteiger partial charge in [0.05, 0.1) is 0 Å². The molecule has 0 aliphatic rings. The van der Waals surface area contributed by atoms with E-state index in [4.69, 9.17) is 0 Å². The fraction of sp³-hybridized carbons (Fsp3) is 0.286. The monoisotopic (exact) mass is 218 g/mol. The van der Waals surface area contributed by atoms with Gasteiger partial charge in [-0.1, -0.05) is 5.16 Å². The van der Waals surface area contributed by atoms with Crippen LogP contribution >= 0.6 is 0 Å².